The van der Waals surface area contributed by atoms with Crippen molar-refractivity contribution in [3.63, 3.8) is 0 Å². The highest BCUT2D eigenvalue weighted by atomic mass is 16.2. The highest BCUT2D eigenvalue weighted by Gasteiger charge is 2.27. The average molecular weight is 379 g/mol. The molecule has 0 saturated heterocycles. The summed E-state index contributed by atoms with van der Waals surface area (Å²) < 4.78 is 0. The van der Waals surface area contributed by atoms with E-state index >= 15 is 0 Å². The second-order valence-electron chi connectivity index (χ2n) is 7.07. The van der Waals surface area contributed by atoms with E-state index in [2.05, 4.69) is 21.3 Å². The maximum absolute atomic E-state index is 13.3. The SMILES string of the molecule is N#Cc1cccc(-c2n[nH]c3c2CN(C(=O)c2ccnc4ccccc24)CC3)c1. The number of carbonyl (C=O) groups is 1. The van der Waals surface area contributed by atoms with E-state index in [0.29, 0.717) is 24.2 Å². The zero-order chi connectivity index (χ0) is 19.8. The third-order valence-electron chi connectivity index (χ3n) is 5.37. The van der Waals surface area contributed by atoms with Gasteiger partial charge in [0.1, 0.15) is 0 Å². The van der Waals surface area contributed by atoms with Gasteiger partial charge in [0.25, 0.3) is 5.91 Å². The van der Waals surface area contributed by atoms with E-state index in [4.69, 9.17) is 0 Å². The maximum Gasteiger partial charge on any atom is 0.254 e. The van der Waals surface area contributed by atoms with Crippen molar-refractivity contribution in [2.24, 2.45) is 0 Å². The zero-order valence-electron chi connectivity index (χ0n) is 15.6. The fourth-order valence-corrected chi connectivity index (χ4v) is 3.90. The standard InChI is InChI=1S/C23H17N5O/c24-13-15-4-3-5-16(12-15)22-19-14-28(11-9-21(19)26-27-22)23(29)18-8-10-25-20-7-2-1-6-17(18)20/h1-8,10,12H,9,11,14H2,(H,26,27). The molecule has 5 rings (SSSR count). The van der Waals surface area contributed by atoms with Crippen LogP contribution in [-0.2, 0) is 13.0 Å². The number of nitrogens with zero attached hydrogens (tertiary/aromatic N) is 4. The van der Waals surface area contributed by atoms with Gasteiger partial charge in [0, 0.05) is 47.9 Å². The molecular weight excluding hydrogens is 362 g/mol. The van der Waals surface area contributed by atoms with Crippen molar-refractivity contribution >= 4 is 16.8 Å². The van der Waals surface area contributed by atoms with Gasteiger partial charge in [0.05, 0.1) is 28.4 Å². The number of aromatic nitrogens is 3. The van der Waals surface area contributed by atoms with Crippen LogP contribution < -0.4 is 0 Å². The summed E-state index contributed by atoms with van der Waals surface area (Å²) in [5, 5.41) is 17.6. The van der Waals surface area contributed by atoms with Crippen LogP contribution in [0.1, 0.15) is 27.2 Å². The monoisotopic (exact) mass is 379 g/mol. The van der Waals surface area contributed by atoms with Gasteiger partial charge in [0.15, 0.2) is 0 Å². The molecule has 0 saturated carbocycles. The first kappa shape index (κ1) is 17.1. The van der Waals surface area contributed by atoms with Gasteiger partial charge in [-0.3, -0.25) is 14.9 Å². The molecule has 0 fully saturated rings. The van der Waals surface area contributed by atoms with Crippen molar-refractivity contribution in [1.29, 1.82) is 5.26 Å². The van der Waals surface area contributed by atoms with Crippen LogP contribution in [0.5, 0.6) is 0 Å². The van der Waals surface area contributed by atoms with Gasteiger partial charge in [0.2, 0.25) is 0 Å². The van der Waals surface area contributed by atoms with E-state index in [1.54, 1.807) is 18.3 Å². The summed E-state index contributed by atoms with van der Waals surface area (Å²) in [7, 11) is 0. The molecule has 0 atom stereocenters. The van der Waals surface area contributed by atoms with Crippen molar-refractivity contribution in [2.45, 2.75) is 13.0 Å². The number of hydrogen-bond donors (Lipinski definition) is 1. The topological polar surface area (TPSA) is 85.7 Å². The third kappa shape index (κ3) is 2.93. The van der Waals surface area contributed by atoms with Crippen molar-refractivity contribution in [1.82, 2.24) is 20.1 Å². The van der Waals surface area contributed by atoms with Gasteiger partial charge in [-0.05, 0) is 24.3 Å². The Balaban J connectivity index is 1.50. The van der Waals surface area contributed by atoms with E-state index < -0.39 is 0 Å². The van der Waals surface area contributed by atoms with Crippen LogP contribution in [0.25, 0.3) is 22.2 Å². The smallest absolute Gasteiger partial charge is 0.254 e. The molecule has 1 aliphatic heterocycles. The quantitative estimate of drug-likeness (QED) is 0.575. The molecule has 6 nitrogen and oxygen atoms in total. The lowest BCUT2D eigenvalue weighted by Crippen LogP contribution is -2.36. The Morgan fingerprint density at radius 2 is 2.03 bits per heavy atom. The number of nitriles is 1. The largest absolute Gasteiger partial charge is 0.334 e. The van der Waals surface area contributed by atoms with E-state index in [1.165, 1.54) is 0 Å². The van der Waals surface area contributed by atoms with E-state index in [9.17, 15) is 10.1 Å². The van der Waals surface area contributed by atoms with Crippen LogP contribution in [0.4, 0.5) is 0 Å². The van der Waals surface area contributed by atoms with E-state index in [0.717, 1.165) is 39.8 Å². The minimum Gasteiger partial charge on any atom is -0.334 e. The lowest BCUT2D eigenvalue weighted by Gasteiger charge is -2.27. The summed E-state index contributed by atoms with van der Waals surface area (Å²) in [6.07, 6.45) is 2.40. The molecule has 1 aliphatic rings. The minimum absolute atomic E-state index is 0.00724. The molecule has 4 aromatic rings. The van der Waals surface area contributed by atoms with Crippen molar-refractivity contribution in [2.75, 3.05) is 6.54 Å². The van der Waals surface area contributed by atoms with Crippen molar-refractivity contribution in [3.8, 4) is 17.3 Å². The summed E-state index contributed by atoms with van der Waals surface area (Å²) in [5.41, 5.74) is 5.80. The third-order valence-corrected chi connectivity index (χ3v) is 5.37. The van der Waals surface area contributed by atoms with E-state index in [-0.39, 0.29) is 5.91 Å². The highest BCUT2D eigenvalue weighted by Crippen LogP contribution is 2.30. The molecule has 3 heterocycles. The molecular formula is C23H17N5O. The predicted octanol–water partition coefficient (Wildman–Crippen LogP) is 3.70. The fraction of sp³-hybridized carbons (Fsp3) is 0.130. The molecule has 1 amide bonds. The van der Waals surface area contributed by atoms with Crippen LogP contribution in [0, 0.1) is 11.3 Å². The fourth-order valence-electron chi connectivity index (χ4n) is 3.90. The molecule has 0 radical (unpaired) electrons. The van der Waals surface area contributed by atoms with Crippen LogP contribution in [0.2, 0.25) is 0 Å². The summed E-state index contributed by atoms with van der Waals surface area (Å²) >= 11 is 0. The molecule has 2 aromatic carbocycles. The molecule has 0 spiro atoms. The number of rotatable bonds is 2. The molecule has 29 heavy (non-hydrogen) atoms. The summed E-state index contributed by atoms with van der Waals surface area (Å²) in [6.45, 7) is 1.11. The number of carbonyl (C=O) groups excluding carboxylic acids is 1. The lowest BCUT2D eigenvalue weighted by molar-refractivity contribution is 0.0736. The molecule has 2 aromatic heterocycles. The first-order chi connectivity index (χ1) is 14.2. The molecule has 140 valence electrons. The second-order valence-corrected chi connectivity index (χ2v) is 7.07. The van der Waals surface area contributed by atoms with Crippen LogP contribution >= 0.6 is 0 Å². The first-order valence-electron chi connectivity index (χ1n) is 9.44. The van der Waals surface area contributed by atoms with Gasteiger partial charge in [-0.25, -0.2) is 0 Å². The summed E-state index contributed by atoms with van der Waals surface area (Å²) in [4.78, 5) is 19.5. The van der Waals surface area contributed by atoms with Gasteiger partial charge in [-0.15, -0.1) is 0 Å². The van der Waals surface area contributed by atoms with Crippen molar-refractivity contribution < 1.29 is 4.79 Å². The van der Waals surface area contributed by atoms with Crippen LogP contribution in [-0.4, -0.2) is 32.5 Å². The normalized spacial score (nSPS) is 13.1. The Morgan fingerprint density at radius 1 is 1.14 bits per heavy atom. The van der Waals surface area contributed by atoms with Crippen LogP contribution in [0.3, 0.4) is 0 Å². The number of H-pyrrole nitrogens is 1. The summed E-state index contributed by atoms with van der Waals surface area (Å²) in [5.74, 6) is -0.00724. The Morgan fingerprint density at radius 3 is 2.93 bits per heavy atom. The van der Waals surface area contributed by atoms with Gasteiger partial charge in [-0.2, -0.15) is 10.4 Å². The number of aromatic amines is 1. The zero-order valence-corrected chi connectivity index (χ0v) is 15.6. The highest BCUT2D eigenvalue weighted by molar-refractivity contribution is 6.06. The number of nitrogens with one attached hydrogen (secondary N) is 1. The predicted molar refractivity (Wildman–Crippen MR) is 109 cm³/mol. The van der Waals surface area contributed by atoms with Crippen molar-refractivity contribution in [3.05, 3.63) is 83.2 Å². The Bertz CT molecular complexity index is 1280. The Labute approximate surface area is 167 Å². The maximum atomic E-state index is 13.3. The molecule has 0 bridgehead atoms. The lowest BCUT2D eigenvalue weighted by atomic mass is 9.99. The molecule has 0 aliphatic carbocycles. The Kier molecular flexibility index (Phi) is 4.07. The average Bonchev–Trinajstić information content (AvgIpc) is 3.21. The Hall–Kier alpha value is -3.98. The number of fused-ring (bicyclic) bond motifs is 2. The molecule has 1 N–H and O–H groups in total. The van der Waals surface area contributed by atoms with Crippen LogP contribution in [0.15, 0.2) is 60.8 Å². The van der Waals surface area contributed by atoms with E-state index in [1.807, 2.05) is 47.4 Å². The number of amides is 1. The number of hydrogen-bond acceptors (Lipinski definition) is 4. The van der Waals surface area contributed by atoms with Gasteiger partial charge >= 0.3 is 0 Å². The molecule has 0 unspecified atom stereocenters. The number of para-hydroxylation sites is 1. The molecule has 6 heteroatoms. The first-order valence-corrected chi connectivity index (χ1v) is 9.44. The number of pyridine rings is 1. The van der Waals surface area contributed by atoms with Gasteiger partial charge < -0.3 is 4.90 Å². The number of benzene rings is 2. The summed E-state index contributed by atoms with van der Waals surface area (Å²) in [6, 6.07) is 19.0. The minimum atomic E-state index is -0.00724. The van der Waals surface area contributed by atoms with Gasteiger partial charge in [-0.1, -0.05) is 30.3 Å². The second kappa shape index (κ2) is 6.88.